The number of H-pyrrole nitrogens is 1. The summed E-state index contributed by atoms with van der Waals surface area (Å²) in [5.41, 5.74) is -0.221. The Morgan fingerprint density at radius 1 is 1.44 bits per heavy atom. The van der Waals surface area contributed by atoms with Crippen molar-refractivity contribution in [2.45, 2.75) is 39.7 Å². The van der Waals surface area contributed by atoms with Gasteiger partial charge in [-0.15, -0.1) is 0 Å². The van der Waals surface area contributed by atoms with E-state index in [1.807, 2.05) is 13.8 Å². The van der Waals surface area contributed by atoms with E-state index < -0.39 is 5.97 Å². The lowest BCUT2D eigenvalue weighted by atomic mass is 10.2. The van der Waals surface area contributed by atoms with Gasteiger partial charge in [-0.3, -0.25) is 4.79 Å². The number of carbonyl (C=O) groups is 1. The van der Waals surface area contributed by atoms with Crippen LogP contribution in [0.5, 0.6) is 0 Å². The van der Waals surface area contributed by atoms with Gasteiger partial charge in [0.1, 0.15) is 5.56 Å². The van der Waals surface area contributed by atoms with Crippen LogP contribution in [0.4, 0.5) is 0 Å². The highest BCUT2D eigenvalue weighted by atomic mass is 16.5. The number of carbonyl (C=O) groups excluding carboxylic acids is 1. The van der Waals surface area contributed by atoms with Gasteiger partial charge >= 0.3 is 5.97 Å². The van der Waals surface area contributed by atoms with Crippen LogP contribution in [0.1, 0.15) is 50.0 Å². The van der Waals surface area contributed by atoms with E-state index in [1.165, 1.54) is 10.9 Å². The molecular weight excluding hydrogens is 208 g/mol. The lowest BCUT2D eigenvalue weighted by Gasteiger charge is -2.12. The van der Waals surface area contributed by atoms with Gasteiger partial charge in [-0.05, 0) is 19.8 Å². The molecule has 0 spiro atoms. The van der Waals surface area contributed by atoms with E-state index in [2.05, 4.69) is 5.10 Å². The third kappa shape index (κ3) is 2.35. The number of esters is 1. The molecule has 0 saturated carbocycles. The molecule has 90 valence electrons. The van der Waals surface area contributed by atoms with Crippen LogP contribution in [0.15, 0.2) is 11.0 Å². The number of rotatable bonds is 5. The van der Waals surface area contributed by atoms with Crippen molar-refractivity contribution in [3.05, 3.63) is 22.1 Å². The Kier molecular flexibility index (Phi) is 4.34. The lowest BCUT2D eigenvalue weighted by molar-refractivity contribution is 0.0524. The molecule has 0 aliphatic rings. The summed E-state index contributed by atoms with van der Waals surface area (Å²) in [6.07, 6.45) is 3.11. The van der Waals surface area contributed by atoms with Gasteiger partial charge in [0.15, 0.2) is 0 Å². The summed E-state index contributed by atoms with van der Waals surface area (Å²) >= 11 is 0. The van der Waals surface area contributed by atoms with Crippen molar-refractivity contribution in [3.63, 3.8) is 0 Å². The molecule has 1 heterocycles. The minimum atomic E-state index is -0.562. The van der Waals surface area contributed by atoms with Crippen LogP contribution in [0.2, 0.25) is 0 Å². The largest absolute Gasteiger partial charge is 0.462 e. The number of aromatic nitrogens is 2. The molecule has 0 aliphatic carbocycles. The first kappa shape index (κ1) is 12.5. The third-order valence-electron chi connectivity index (χ3n) is 2.60. The predicted octanol–water partition coefficient (Wildman–Crippen LogP) is 1.71. The zero-order valence-electron chi connectivity index (χ0n) is 9.95. The Balaban J connectivity index is 3.01. The van der Waals surface area contributed by atoms with E-state index >= 15 is 0 Å². The summed E-state index contributed by atoms with van der Waals surface area (Å²) in [5.74, 6) is -0.562. The molecule has 1 aromatic heterocycles. The van der Waals surface area contributed by atoms with E-state index in [1.54, 1.807) is 6.92 Å². The molecule has 0 aromatic carbocycles. The van der Waals surface area contributed by atoms with Gasteiger partial charge in [0.2, 0.25) is 0 Å². The quantitative estimate of drug-likeness (QED) is 0.777. The topological polar surface area (TPSA) is 64.1 Å². The molecule has 5 heteroatoms. The monoisotopic (exact) mass is 226 g/mol. The van der Waals surface area contributed by atoms with Crippen molar-refractivity contribution >= 4 is 5.97 Å². The second kappa shape index (κ2) is 5.53. The predicted molar refractivity (Wildman–Crippen MR) is 60.6 cm³/mol. The van der Waals surface area contributed by atoms with Gasteiger partial charge in [-0.1, -0.05) is 13.8 Å². The van der Waals surface area contributed by atoms with Crippen molar-refractivity contribution in [1.82, 2.24) is 9.78 Å². The fourth-order valence-corrected chi connectivity index (χ4v) is 1.66. The van der Waals surface area contributed by atoms with Gasteiger partial charge in [0.25, 0.3) is 5.56 Å². The third-order valence-corrected chi connectivity index (χ3v) is 2.60. The Hall–Kier alpha value is -1.52. The van der Waals surface area contributed by atoms with Crippen LogP contribution >= 0.6 is 0 Å². The first-order valence-corrected chi connectivity index (χ1v) is 5.62. The summed E-state index contributed by atoms with van der Waals surface area (Å²) in [5, 5.41) is 2.82. The normalized spacial score (nSPS) is 10.8. The van der Waals surface area contributed by atoms with Crippen LogP contribution in [0.25, 0.3) is 0 Å². The molecule has 0 aliphatic heterocycles. The summed E-state index contributed by atoms with van der Waals surface area (Å²) in [7, 11) is 0. The molecule has 0 bridgehead atoms. The van der Waals surface area contributed by atoms with Crippen molar-refractivity contribution in [2.75, 3.05) is 6.61 Å². The number of aromatic amines is 1. The molecule has 16 heavy (non-hydrogen) atoms. The number of hydrogen-bond acceptors (Lipinski definition) is 3. The maximum atomic E-state index is 11.9. The molecule has 0 unspecified atom stereocenters. The molecule has 0 radical (unpaired) electrons. The number of hydrogen-bond donors (Lipinski definition) is 1. The highest BCUT2D eigenvalue weighted by Gasteiger charge is 2.18. The maximum Gasteiger partial charge on any atom is 0.345 e. The fourth-order valence-electron chi connectivity index (χ4n) is 1.66. The van der Waals surface area contributed by atoms with Crippen LogP contribution < -0.4 is 5.56 Å². The molecule has 0 atom stereocenters. The molecule has 1 aromatic rings. The first-order chi connectivity index (χ1) is 7.65. The summed E-state index contributed by atoms with van der Waals surface area (Å²) < 4.78 is 6.29. The lowest BCUT2D eigenvalue weighted by Crippen LogP contribution is -2.25. The van der Waals surface area contributed by atoms with Crippen LogP contribution in [-0.4, -0.2) is 22.4 Å². The molecular formula is C11H18N2O3. The summed E-state index contributed by atoms with van der Waals surface area (Å²) in [6, 6.07) is 0.107. The minimum absolute atomic E-state index is 0.0775. The summed E-state index contributed by atoms with van der Waals surface area (Å²) in [6.45, 7) is 6.00. The van der Waals surface area contributed by atoms with E-state index in [0.29, 0.717) is 0 Å². The molecule has 5 nitrogen and oxygen atoms in total. The Labute approximate surface area is 94.4 Å². The Morgan fingerprint density at radius 3 is 2.56 bits per heavy atom. The van der Waals surface area contributed by atoms with Gasteiger partial charge in [0.05, 0.1) is 12.6 Å². The van der Waals surface area contributed by atoms with Crippen molar-refractivity contribution in [2.24, 2.45) is 0 Å². The number of ether oxygens (including phenoxy) is 1. The van der Waals surface area contributed by atoms with E-state index in [9.17, 15) is 9.59 Å². The smallest absolute Gasteiger partial charge is 0.345 e. The average molecular weight is 226 g/mol. The molecule has 1 N–H and O–H groups in total. The fraction of sp³-hybridized carbons (Fsp3) is 0.636. The standard InChI is InChI=1S/C11H18N2O3/c1-4-8(5-2)13-10(14)9(7-12-13)11(15)16-6-3/h7-8,12H,4-6H2,1-3H3. The SMILES string of the molecule is CCOC(=O)c1c[nH]n(C(CC)CC)c1=O. The maximum absolute atomic E-state index is 11.9. The van der Waals surface area contributed by atoms with Gasteiger partial charge in [-0.25, -0.2) is 9.48 Å². The second-order valence-corrected chi connectivity index (χ2v) is 3.55. The highest BCUT2D eigenvalue weighted by molar-refractivity contribution is 5.88. The molecule has 0 fully saturated rings. The number of nitrogens with zero attached hydrogens (tertiary/aromatic N) is 1. The second-order valence-electron chi connectivity index (χ2n) is 3.55. The van der Waals surface area contributed by atoms with Crippen LogP contribution in [0.3, 0.4) is 0 Å². The Bertz CT molecular complexity index is 402. The first-order valence-electron chi connectivity index (χ1n) is 5.62. The van der Waals surface area contributed by atoms with Gasteiger partial charge in [0, 0.05) is 6.20 Å². The van der Waals surface area contributed by atoms with Crippen molar-refractivity contribution < 1.29 is 9.53 Å². The van der Waals surface area contributed by atoms with E-state index in [4.69, 9.17) is 4.74 Å². The average Bonchev–Trinajstić information content (AvgIpc) is 2.63. The van der Waals surface area contributed by atoms with Crippen molar-refractivity contribution in [3.8, 4) is 0 Å². The summed E-state index contributed by atoms with van der Waals surface area (Å²) in [4.78, 5) is 23.3. The Morgan fingerprint density at radius 2 is 2.06 bits per heavy atom. The zero-order chi connectivity index (χ0) is 12.1. The molecule has 0 amide bonds. The van der Waals surface area contributed by atoms with Gasteiger partial charge < -0.3 is 9.84 Å². The molecule has 1 rings (SSSR count). The van der Waals surface area contributed by atoms with Crippen LogP contribution in [-0.2, 0) is 4.74 Å². The highest BCUT2D eigenvalue weighted by Crippen LogP contribution is 2.11. The van der Waals surface area contributed by atoms with Gasteiger partial charge in [-0.2, -0.15) is 0 Å². The van der Waals surface area contributed by atoms with Crippen molar-refractivity contribution in [1.29, 1.82) is 0 Å². The van der Waals surface area contributed by atoms with E-state index in [-0.39, 0.29) is 23.8 Å². The van der Waals surface area contributed by atoms with Crippen LogP contribution in [0, 0.1) is 0 Å². The minimum Gasteiger partial charge on any atom is -0.462 e. The molecule has 0 saturated heterocycles. The zero-order valence-corrected chi connectivity index (χ0v) is 9.95. The number of nitrogens with one attached hydrogen (secondary N) is 1. The van der Waals surface area contributed by atoms with E-state index in [0.717, 1.165) is 12.8 Å².